The van der Waals surface area contributed by atoms with Gasteiger partial charge in [-0.2, -0.15) is 0 Å². The fraction of sp³-hybridized carbons (Fsp3) is 0.263. The van der Waals surface area contributed by atoms with Gasteiger partial charge in [0.1, 0.15) is 5.82 Å². The van der Waals surface area contributed by atoms with Crippen molar-refractivity contribution in [2.75, 3.05) is 36.5 Å². The molecule has 8 heteroatoms. The van der Waals surface area contributed by atoms with Crippen LogP contribution in [0.4, 0.5) is 11.5 Å². The molecule has 1 aromatic carbocycles. The molecule has 0 aliphatic carbocycles. The van der Waals surface area contributed by atoms with Crippen LogP contribution in [0, 0.1) is 0 Å². The Morgan fingerprint density at radius 2 is 1.93 bits per heavy atom. The molecule has 3 heterocycles. The lowest BCUT2D eigenvalue weighted by Crippen LogP contribution is -2.36. The smallest absolute Gasteiger partial charge is 0.256 e. The summed E-state index contributed by atoms with van der Waals surface area (Å²) in [6.45, 7) is 3.78. The van der Waals surface area contributed by atoms with E-state index >= 15 is 0 Å². The van der Waals surface area contributed by atoms with Crippen LogP contribution in [0.3, 0.4) is 0 Å². The minimum Gasteiger partial charge on any atom is -0.378 e. The van der Waals surface area contributed by atoms with Crippen LogP contribution >= 0.6 is 0 Å². The number of ether oxygens (including phenoxy) is 1. The van der Waals surface area contributed by atoms with Gasteiger partial charge in [-0.25, -0.2) is 9.67 Å². The van der Waals surface area contributed by atoms with Crippen LogP contribution in [0.5, 0.6) is 0 Å². The third-order valence-corrected chi connectivity index (χ3v) is 4.40. The molecule has 138 valence electrons. The van der Waals surface area contributed by atoms with Gasteiger partial charge in [0, 0.05) is 24.8 Å². The number of aromatic nitrogens is 4. The third kappa shape index (κ3) is 4.29. The van der Waals surface area contributed by atoms with Crippen LogP contribution in [0.25, 0.3) is 0 Å². The highest BCUT2D eigenvalue weighted by atomic mass is 16.5. The van der Waals surface area contributed by atoms with Crippen LogP contribution in [0.1, 0.15) is 15.9 Å². The maximum atomic E-state index is 12.4. The van der Waals surface area contributed by atoms with Crippen molar-refractivity contribution in [3.63, 3.8) is 0 Å². The maximum absolute atomic E-state index is 12.4. The molecule has 1 aliphatic rings. The Labute approximate surface area is 156 Å². The second-order valence-corrected chi connectivity index (χ2v) is 6.25. The highest BCUT2D eigenvalue weighted by molar-refractivity contribution is 6.03. The highest BCUT2D eigenvalue weighted by Gasteiger charge is 2.12. The minimum atomic E-state index is -0.186. The van der Waals surface area contributed by atoms with E-state index < -0.39 is 0 Å². The van der Waals surface area contributed by atoms with E-state index in [9.17, 15) is 4.79 Å². The first-order valence-electron chi connectivity index (χ1n) is 8.81. The van der Waals surface area contributed by atoms with E-state index in [1.807, 2.05) is 24.3 Å². The van der Waals surface area contributed by atoms with Crippen LogP contribution in [-0.4, -0.2) is 52.2 Å². The highest BCUT2D eigenvalue weighted by Crippen LogP contribution is 2.17. The Morgan fingerprint density at radius 1 is 1.11 bits per heavy atom. The number of benzene rings is 1. The summed E-state index contributed by atoms with van der Waals surface area (Å²) in [6.07, 6.45) is 5.22. The lowest BCUT2D eigenvalue weighted by Gasteiger charge is -2.28. The van der Waals surface area contributed by atoms with Crippen molar-refractivity contribution in [3.8, 4) is 0 Å². The molecule has 4 rings (SSSR count). The van der Waals surface area contributed by atoms with Crippen LogP contribution in [0.2, 0.25) is 0 Å². The number of carbonyl (C=O) groups excluding carboxylic acids is 1. The molecule has 0 radical (unpaired) electrons. The number of anilines is 2. The lowest BCUT2D eigenvalue weighted by molar-refractivity contribution is 0.102. The number of amides is 1. The van der Waals surface area contributed by atoms with Gasteiger partial charge in [-0.1, -0.05) is 17.3 Å². The van der Waals surface area contributed by atoms with Gasteiger partial charge < -0.3 is 15.0 Å². The average Bonchev–Trinajstić information content (AvgIpc) is 3.23. The minimum absolute atomic E-state index is 0.186. The Hall–Kier alpha value is -3.26. The van der Waals surface area contributed by atoms with Crippen molar-refractivity contribution in [3.05, 3.63) is 66.1 Å². The Morgan fingerprint density at radius 3 is 2.59 bits per heavy atom. The van der Waals surface area contributed by atoms with Crippen molar-refractivity contribution in [2.45, 2.75) is 6.54 Å². The van der Waals surface area contributed by atoms with Crippen LogP contribution in [0.15, 0.2) is 55.0 Å². The van der Waals surface area contributed by atoms with Gasteiger partial charge in [0.2, 0.25) is 0 Å². The quantitative estimate of drug-likeness (QED) is 0.743. The van der Waals surface area contributed by atoms with Gasteiger partial charge in [-0.15, -0.1) is 5.10 Å². The summed E-state index contributed by atoms with van der Waals surface area (Å²) in [5.74, 6) is 0.345. The molecular formula is C19H20N6O2. The number of pyridine rings is 1. The van der Waals surface area contributed by atoms with Crippen molar-refractivity contribution in [1.29, 1.82) is 0 Å². The maximum Gasteiger partial charge on any atom is 0.256 e. The summed E-state index contributed by atoms with van der Waals surface area (Å²) in [5.41, 5.74) is 2.66. The number of hydrogen-bond donors (Lipinski definition) is 1. The molecule has 1 fully saturated rings. The zero-order valence-electron chi connectivity index (χ0n) is 14.8. The normalized spacial score (nSPS) is 14.1. The van der Waals surface area contributed by atoms with Crippen LogP contribution in [-0.2, 0) is 11.3 Å². The summed E-state index contributed by atoms with van der Waals surface area (Å²) in [7, 11) is 0. The van der Waals surface area contributed by atoms with E-state index in [-0.39, 0.29) is 5.91 Å². The summed E-state index contributed by atoms with van der Waals surface area (Å²) >= 11 is 0. The zero-order chi connectivity index (χ0) is 18.5. The van der Waals surface area contributed by atoms with E-state index in [2.05, 4.69) is 25.5 Å². The molecule has 8 nitrogen and oxygen atoms in total. The number of carbonyl (C=O) groups is 1. The molecule has 27 heavy (non-hydrogen) atoms. The molecule has 1 amide bonds. The Balaban J connectivity index is 1.36. The van der Waals surface area contributed by atoms with Gasteiger partial charge in [0.05, 0.1) is 37.8 Å². The fourth-order valence-corrected chi connectivity index (χ4v) is 2.92. The van der Waals surface area contributed by atoms with E-state index in [0.29, 0.717) is 17.9 Å². The van der Waals surface area contributed by atoms with E-state index in [4.69, 9.17) is 4.74 Å². The molecule has 3 aromatic rings. The van der Waals surface area contributed by atoms with Gasteiger partial charge >= 0.3 is 0 Å². The summed E-state index contributed by atoms with van der Waals surface area (Å²) in [5, 5.41) is 10.5. The lowest BCUT2D eigenvalue weighted by atomic mass is 10.1. The SMILES string of the molecule is O=C(Nc1ccc(N2CCOCC2)cn1)c1ccc(Cn2ccnn2)cc1. The predicted molar refractivity (Wildman–Crippen MR) is 101 cm³/mol. The first-order valence-corrected chi connectivity index (χ1v) is 8.81. The molecule has 0 atom stereocenters. The second kappa shape index (κ2) is 7.96. The topological polar surface area (TPSA) is 85.2 Å². The van der Waals surface area contributed by atoms with Gasteiger partial charge in [0.15, 0.2) is 0 Å². The second-order valence-electron chi connectivity index (χ2n) is 6.25. The number of nitrogens with one attached hydrogen (secondary N) is 1. The van der Waals surface area contributed by atoms with Gasteiger partial charge in [-0.05, 0) is 29.8 Å². The predicted octanol–water partition coefficient (Wildman–Crippen LogP) is 1.81. The first-order chi connectivity index (χ1) is 13.3. The molecule has 1 saturated heterocycles. The monoisotopic (exact) mass is 364 g/mol. The number of morpholine rings is 1. The molecule has 1 aliphatic heterocycles. The van der Waals surface area contributed by atoms with Crippen molar-refractivity contribution in [1.82, 2.24) is 20.0 Å². The molecule has 0 spiro atoms. The number of rotatable bonds is 5. The first kappa shape index (κ1) is 17.2. The van der Waals surface area contributed by atoms with Crippen LogP contribution < -0.4 is 10.2 Å². The average molecular weight is 364 g/mol. The Kier molecular flexibility index (Phi) is 5.06. The summed E-state index contributed by atoms with van der Waals surface area (Å²) < 4.78 is 7.09. The van der Waals surface area contributed by atoms with E-state index in [1.165, 1.54) is 0 Å². The van der Waals surface area contributed by atoms with Crippen molar-refractivity contribution >= 4 is 17.4 Å². The van der Waals surface area contributed by atoms with Gasteiger partial charge in [-0.3, -0.25) is 4.79 Å². The van der Waals surface area contributed by atoms with Crippen molar-refractivity contribution < 1.29 is 9.53 Å². The number of hydrogen-bond acceptors (Lipinski definition) is 6. The molecule has 0 saturated carbocycles. The molecule has 1 N–H and O–H groups in total. The zero-order valence-corrected chi connectivity index (χ0v) is 14.8. The van der Waals surface area contributed by atoms with E-state index in [1.54, 1.807) is 35.4 Å². The largest absolute Gasteiger partial charge is 0.378 e. The van der Waals surface area contributed by atoms with Gasteiger partial charge in [0.25, 0.3) is 5.91 Å². The van der Waals surface area contributed by atoms with Crippen molar-refractivity contribution in [2.24, 2.45) is 0 Å². The summed E-state index contributed by atoms with van der Waals surface area (Å²) in [4.78, 5) is 19.0. The molecule has 0 unspecified atom stereocenters. The molecule has 0 bridgehead atoms. The fourth-order valence-electron chi connectivity index (χ4n) is 2.92. The molecular weight excluding hydrogens is 344 g/mol. The molecule has 2 aromatic heterocycles. The van der Waals surface area contributed by atoms with E-state index in [0.717, 1.165) is 37.6 Å². The standard InChI is InChI=1S/C19H20N6O2/c26-19(16-3-1-15(2-4-16)14-25-8-7-21-23-25)22-18-6-5-17(13-20-18)24-9-11-27-12-10-24/h1-8,13H,9-12,14H2,(H,20,22,26). The summed E-state index contributed by atoms with van der Waals surface area (Å²) in [6, 6.07) is 11.2. The number of nitrogens with zero attached hydrogens (tertiary/aromatic N) is 5. The third-order valence-electron chi connectivity index (χ3n) is 4.40. The Bertz CT molecular complexity index is 872.